The van der Waals surface area contributed by atoms with E-state index < -0.39 is 48.2 Å². The fraction of sp³-hybridized carbons (Fsp3) is 0.688. The third kappa shape index (κ3) is 11.0. The molecule has 28 heavy (non-hydrogen) atoms. The van der Waals surface area contributed by atoms with E-state index in [4.69, 9.17) is 28.0 Å². The molecule has 3 amide bonds. The fourth-order valence-corrected chi connectivity index (χ4v) is 2.31. The Morgan fingerprint density at radius 2 is 1.57 bits per heavy atom. The maximum atomic E-state index is 12.4. The van der Waals surface area contributed by atoms with E-state index >= 15 is 0 Å². The number of carboxylic acids is 1. The van der Waals surface area contributed by atoms with Crippen molar-refractivity contribution in [1.29, 1.82) is 0 Å². The van der Waals surface area contributed by atoms with Gasteiger partial charge in [-0.05, 0) is 25.2 Å². The second-order valence-corrected chi connectivity index (χ2v) is 6.82. The number of aliphatic carboxylic acids is 1. The molecule has 3 atom stereocenters. The minimum atomic E-state index is -1.48. The van der Waals surface area contributed by atoms with Crippen molar-refractivity contribution in [2.45, 2.75) is 57.7 Å². The molecule has 0 aliphatic carbocycles. The van der Waals surface area contributed by atoms with Crippen molar-refractivity contribution in [2.24, 2.45) is 33.8 Å². The summed E-state index contributed by atoms with van der Waals surface area (Å²) < 4.78 is 0. The first-order valence-electron chi connectivity index (χ1n) is 8.86. The average molecular weight is 401 g/mol. The Hall–Kier alpha value is -2.89. The number of rotatable bonds is 13. The van der Waals surface area contributed by atoms with Gasteiger partial charge in [0, 0.05) is 6.54 Å². The zero-order valence-electron chi connectivity index (χ0n) is 16.2. The molecule has 0 saturated heterocycles. The second kappa shape index (κ2) is 12.5. The quantitative estimate of drug-likeness (QED) is 0.0975. The number of hydrogen-bond acceptors (Lipinski definition) is 6. The third-order valence-electron chi connectivity index (χ3n) is 3.66. The lowest BCUT2D eigenvalue weighted by Gasteiger charge is -2.23. The molecule has 160 valence electrons. The van der Waals surface area contributed by atoms with Crippen molar-refractivity contribution in [2.75, 3.05) is 6.54 Å². The van der Waals surface area contributed by atoms with Crippen molar-refractivity contribution < 1.29 is 24.3 Å². The number of hydrogen-bond donors (Lipinski definition) is 7. The van der Waals surface area contributed by atoms with Gasteiger partial charge in [0.25, 0.3) is 0 Å². The Morgan fingerprint density at radius 3 is 2.04 bits per heavy atom. The van der Waals surface area contributed by atoms with E-state index in [1.54, 1.807) is 0 Å². The summed E-state index contributed by atoms with van der Waals surface area (Å²) in [5, 5.41) is 13.9. The van der Waals surface area contributed by atoms with Gasteiger partial charge in [-0.1, -0.05) is 13.8 Å². The molecule has 0 aromatic heterocycles. The molecule has 3 unspecified atom stereocenters. The van der Waals surface area contributed by atoms with Gasteiger partial charge in [0.1, 0.15) is 12.1 Å². The molecule has 0 heterocycles. The Kier molecular flexibility index (Phi) is 11.2. The van der Waals surface area contributed by atoms with Gasteiger partial charge in [-0.25, -0.2) is 4.79 Å². The number of nitrogens with one attached hydrogen (secondary N) is 2. The van der Waals surface area contributed by atoms with Gasteiger partial charge in [-0.2, -0.15) is 0 Å². The van der Waals surface area contributed by atoms with E-state index in [1.165, 1.54) is 0 Å². The number of nitrogens with zero attached hydrogens (tertiary/aromatic N) is 1. The number of primary amides is 1. The largest absolute Gasteiger partial charge is 0.480 e. The Bertz CT molecular complexity index is 590. The van der Waals surface area contributed by atoms with Gasteiger partial charge in [-0.15, -0.1) is 0 Å². The van der Waals surface area contributed by atoms with E-state index in [0.717, 1.165) is 0 Å². The van der Waals surface area contributed by atoms with Crippen molar-refractivity contribution >= 4 is 29.7 Å². The van der Waals surface area contributed by atoms with Gasteiger partial charge in [-0.3, -0.25) is 19.4 Å². The monoisotopic (exact) mass is 401 g/mol. The first kappa shape index (κ1) is 25.1. The van der Waals surface area contributed by atoms with Crippen molar-refractivity contribution in [3.63, 3.8) is 0 Å². The molecule has 0 saturated carbocycles. The van der Waals surface area contributed by atoms with Crippen LogP contribution in [0.25, 0.3) is 0 Å². The van der Waals surface area contributed by atoms with Crippen LogP contribution in [0, 0.1) is 5.92 Å². The van der Waals surface area contributed by atoms with Crippen LogP contribution in [0.4, 0.5) is 0 Å². The van der Waals surface area contributed by atoms with Crippen LogP contribution in [0.2, 0.25) is 0 Å². The van der Waals surface area contributed by atoms with Crippen molar-refractivity contribution in [1.82, 2.24) is 10.6 Å². The van der Waals surface area contributed by atoms with E-state index in [0.29, 0.717) is 13.0 Å². The average Bonchev–Trinajstić information content (AvgIpc) is 2.55. The number of carbonyl (C=O) groups is 4. The summed E-state index contributed by atoms with van der Waals surface area (Å²) in [4.78, 5) is 50.7. The normalized spacial score (nSPS) is 13.9. The molecule has 12 heteroatoms. The summed E-state index contributed by atoms with van der Waals surface area (Å²) >= 11 is 0. The van der Waals surface area contributed by atoms with Crippen LogP contribution in [0.3, 0.4) is 0 Å². The summed E-state index contributed by atoms with van der Waals surface area (Å²) in [6, 6.07) is -3.38. The minimum Gasteiger partial charge on any atom is -0.480 e. The highest BCUT2D eigenvalue weighted by atomic mass is 16.4. The highest BCUT2D eigenvalue weighted by molar-refractivity contribution is 5.93. The van der Waals surface area contributed by atoms with E-state index in [-0.39, 0.29) is 24.7 Å². The number of guanidine groups is 1. The summed E-state index contributed by atoms with van der Waals surface area (Å²) in [5.41, 5.74) is 21.2. The molecule has 0 aliphatic heterocycles. The highest BCUT2D eigenvalue weighted by Gasteiger charge is 2.29. The van der Waals surface area contributed by atoms with Crippen LogP contribution < -0.4 is 33.6 Å². The van der Waals surface area contributed by atoms with E-state index in [9.17, 15) is 19.2 Å². The van der Waals surface area contributed by atoms with Gasteiger partial charge in [0.15, 0.2) is 5.96 Å². The first-order valence-corrected chi connectivity index (χ1v) is 8.86. The lowest BCUT2D eigenvalue weighted by atomic mass is 10.0. The predicted octanol–water partition coefficient (Wildman–Crippen LogP) is -2.66. The van der Waals surface area contributed by atoms with Crippen molar-refractivity contribution in [3.8, 4) is 0 Å². The lowest BCUT2D eigenvalue weighted by molar-refractivity contribution is -0.143. The Balaban J connectivity index is 4.93. The fourth-order valence-electron chi connectivity index (χ4n) is 2.31. The lowest BCUT2D eigenvalue weighted by Crippen LogP contribution is -2.55. The van der Waals surface area contributed by atoms with Gasteiger partial charge < -0.3 is 38.7 Å². The SMILES string of the molecule is CC(C)CC(NC(=O)C(N)CCCN=C(N)N)C(=O)NC(CC(N)=O)C(=O)O. The smallest absolute Gasteiger partial charge is 0.326 e. The first-order chi connectivity index (χ1) is 12.9. The number of carboxylic acid groups (broad SMARTS) is 1. The van der Waals surface area contributed by atoms with Crippen LogP contribution in [0.15, 0.2) is 4.99 Å². The maximum Gasteiger partial charge on any atom is 0.326 e. The number of amides is 3. The zero-order chi connectivity index (χ0) is 21.9. The van der Waals surface area contributed by atoms with E-state index in [1.807, 2.05) is 13.8 Å². The van der Waals surface area contributed by atoms with Gasteiger partial charge >= 0.3 is 5.97 Å². The number of carbonyl (C=O) groups excluding carboxylic acids is 3. The highest BCUT2D eigenvalue weighted by Crippen LogP contribution is 2.07. The van der Waals surface area contributed by atoms with Crippen LogP contribution in [0.5, 0.6) is 0 Å². The molecular weight excluding hydrogens is 370 g/mol. The Labute approximate surface area is 163 Å². The van der Waals surface area contributed by atoms with Crippen LogP contribution in [-0.2, 0) is 19.2 Å². The number of aliphatic imine (C=N–C) groups is 1. The molecule has 0 aromatic rings. The molecule has 0 spiro atoms. The molecule has 0 fully saturated rings. The summed E-state index contributed by atoms with van der Waals surface area (Å²) in [5.74, 6) is -3.61. The minimum absolute atomic E-state index is 0.0218. The molecule has 12 nitrogen and oxygen atoms in total. The van der Waals surface area contributed by atoms with Gasteiger partial charge in [0.2, 0.25) is 17.7 Å². The topological polar surface area (TPSA) is 229 Å². The molecule has 0 rings (SSSR count). The predicted molar refractivity (Wildman–Crippen MR) is 103 cm³/mol. The second-order valence-electron chi connectivity index (χ2n) is 6.82. The standard InChI is InChI=1S/C16H31N7O5/c1-8(2)6-10(14(26)23-11(15(27)28)7-12(18)24)22-13(25)9(17)4-3-5-21-16(19)20/h8-11H,3-7,17H2,1-2H3,(H2,18,24)(H,22,25)(H,23,26)(H,27,28)(H4,19,20,21). The molecule has 0 aromatic carbocycles. The molecule has 0 bridgehead atoms. The van der Waals surface area contributed by atoms with Gasteiger partial charge in [0.05, 0.1) is 12.5 Å². The zero-order valence-corrected chi connectivity index (χ0v) is 16.2. The van der Waals surface area contributed by atoms with Crippen LogP contribution in [0.1, 0.15) is 39.5 Å². The summed E-state index contributed by atoms with van der Waals surface area (Å²) in [7, 11) is 0. The molecule has 0 aliphatic rings. The Morgan fingerprint density at radius 1 is 1.00 bits per heavy atom. The van der Waals surface area contributed by atoms with Crippen LogP contribution in [-0.4, -0.2) is 59.4 Å². The summed E-state index contributed by atoms with van der Waals surface area (Å²) in [6.07, 6.45) is 0.445. The molecule has 0 radical (unpaired) electrons. The number of nitrogens with two attached hydrogens (primary N) is 4. The van der Waals surface area contributed by atoms with Crippen molar-refractivity contribution in [3.05, 3.63) is 0 Å². The van der Waals surface area contributed by atoms with E-state index in [2.05, 4.69) is 15.6 Å². The molecular formula is C16H31N7O5. The third-order valence-corrected chi connectivity index (χ3v) is 3.66. The summed E-state index contributed by atoms with van der Waals surface area (Å²) in [6.45, 7) is 3.98. The maximum absolute atomic E-state index is 12.4. The molecule has 11 N–H and O–H groups in total. The van der Waals surface area contributed by atoms with Crippen LogP contribution >= 0.6 is 0 Å².